The smallest absolute Gasteiger partial charge is 0.142 e. The Morgan fingerprint density at radius 1 is 0.750 bits per heavy atom. The average Bonchev–Trinajstić information content (AvgIpc) is 2.84. The highest BCUT2D eigenvalue weighted by Gasteiger charge is 2.32. The molecule has 178 valence electrons. The second-order valence-corrected chi connectivity index (χ2v) is 11.8. The normalized spacial score (nSPS) is 33.7. The predicted molar refractivity (Wildman–Crippen MR) is 136 cm³/mol. The fraction of sp³-hybridized carbons (Fsp3) is 0.733. The standard InChI is InChI=1S/C30H44ClF/c1-2-3-4-22-5-7-23(8-6-22)9-10-24-11-13-25(14-12-24)26-15-17-27(18-16-26)28-19-20-29(31)30(32)21-28/h2,19-27H,1,3-18H2/t22-,23-,24-,25-,26-,27-. The monoisotopic (exact) mass is 458 g/mol. The molecule has 4 rings (SSSR count). The number of benzene rings is 1. The maximum Gasteiger partial charge on any atom is 0.142 e. The van der Waals surface area contributed by atoms with Gasteiger partial charge in [0, 0.05) is 0 Å². The summed E-state index contributed by atoms with van der Waals surface area (Å²) >= 11 is 5.87. The van der Waals surface area contributed by atoms with Gasteiger partial charge in [0.1, 0.15) is 5.82 Å². The Bertz CT molecular complexity index is 704. The molecule has 2 heteroatoms. The SMILES string of the molecule is C=CCC[C@H]1CC[C@H](CC[C@H]2CC[C@H]([C@H]3CC[C@H](c4ccc(Cl)c(F)c4)CC3)CC2)CC1. The second kappa shape index (κ2) is 12.0. The van der Waals surface area contributed by atoms with Gasteiger partial charge in [-0.05, 0) is 105 Å². The Labute approximate surface area is 201 Å². The van der Waals surface area contributed by atoms with E-state index in [0.29, 0.717) is 5.92 Å². The Morgan fingerprint density at radius 2 is 1.25 bits per heavy atom. The summed E-state index contributed by atoms with van der Waals surface area (Å²) in [5.41, 5.74) is 1.16. The van der Waals surface area contributed by atoms with Crippen LogP contribution in [0.25, 0.3) is 0 Å². The third-order valence-corrected chi connectivity index (χ3v) is 9.78. The molecule has 3 aliphatic rings. The number of halogens is 2. The van der Waals surface area contributed by atoms with Gasteiger partial charge in [-0.3, -0.25) is 0 Å². The van der Waals surface area contributed by atoms with Gasteiger partial charge < -0.3 is 0 Å². The highest BCUT2D eigenvalue weighted by molar-refractivity contribution is 6.30. The van der Waals surface area contributed by atoms with Gasteiger partial charge in [0.05, 0.1) is 5.02 Å². The zero-order valence-corrected chi connectivity index (χ0v) is 20.8. The second-order valence-electron chi connectivity index (χ2n) is 11.4. The highest BCUT2D eigenvalue weighted by Crippen LogP contribution is 2.45. The van der Waals surface area contributed by atoms with Crippen molar-refractivity contribution in [2.24, 2.45) is 29.6 Å². The third kappa shape index (κ3) is 6.62. The minimum absolute atomic E-state index is 0.246. The molecule has 0 bridgehead atoms. The van der Waals surface area contributed by atoms with Crippen LogP contribution in [-0.4, -0.2) is 0 Å². The van der Waals surface area contributed by atoms with Gasteiger partial charge in [-0.15, -0.1) is 6.58 Å². The molecule has 0 amide bonds. The maximum absolute atomic E-state index is 13.8. The minimum atomic E-state index is -0.259. The summed E-state index contributed by atoms with van der Waals surface area (Å²) in [7, 11) is 0. The van der Waals surface area contributed by atoms with E-state index in [4.69, 9.17) is 11.6 Å². The highest BCUT2D eigenvalue weighted by atomic mass is 35.5. The maximum atomic E-state index is 13.8. The van der Waals surface area contributed by atoms with Gasteiger partial charge in [0.15, 0.2) is 0 Å². The van der Waals surface area contributed by atoms with E-state index < -0.39 is 0 Å². The van der Waals surface area contributed by atoms with Crippen LogP contribution in [-0.2, 0) is 0 Å². The van der Waals surface area contributed by atoms with E-state index in [1.807, 2.05) is 6.07 Å². The Morgan fingerprint density at radius 3 is 1.78 bits per heavy atom. The molecular formula is C30H44ClF. The van der Waals surface area contributed by atoms with Crippen molar-refractivity contribution in [1.82, 2.24) is 0 Å². The van der Waals surface area contributed by atoms with Crippen LogP contribution in [0.1, 0.15) is 114 Å². The molecule has 1 aromatic rings. The Kier molecular flexibility index (Phi) is 9.15. The lowest BCUT2D eigenvalue weighted by Crippen LogP contribution is -2.25. The first-order valence-electron chi connectivity index (χ1n) is 13.7. The van der Waals surface area contributed by atoms with Crippen molar-refractivity contribution < 1.29 is 4.39 Å². The molecule has 3 aliphatic carbocycles. The summed E-state index contributed by atoms with van der Waals surface area (Å²) in [4.78, 5) is 0. The molecule has 0 saturated heterocycles. The minimum Gasteiger partial charge on any atom is -0.205 e. The first-order valence-corrected chi connectivity index (χ1v) is 14.1. The molecule has 0 aliphatic heterocycles. The van der Waals surface area contributed by atoms with Crippen molar-refractivity contribution in [3.8, 4) is 0 Å². The molecule has 0 nitrogen and oxygen atoms in total. The van der Waals surface area contributed by atoms with Crippen molar-refractivity contribution in [2.75, 3.05) is 0 Å². The predicted octanol–water partition coefficient (Wildman–Crippen LogP) is 10.1. The van der Waals surface area contributed by atoms with Crippen LogP contribution in [0.2, 0.25) is 5.02 Å². The first kappa shape index (κ1) is 24.3. The molecule has 0 spiro atoms. The number of hydrogen-bond acceptors (Lipinski definition) is 0. The van der Waals surface area contributed by atoms with Gasteiger partial charge in [-0.2, -0.15) is 0 Å². The molecule has 0 aromatic heterocycles. The van der Waals surface area contributed by atoms with Crippen LogP contribution < -0.4 is 0 Å². The Balaban J connectivity index is 1.12. The summed E-state index contributed by atoms with van der Waals surface area (Å²) in [6, 6.07) is 5.44. The van der Waals surface area contributed by atoms with Gasteiger partial charge in [-0.25, -0.2) is 4.39 Å². The first-order chi connectivity index (χ1) is 15.6. The Hall–Kier alpha value is -0.820. The molecule has 0 unspecified atom stereocenters. The molecule has 0 radical (unpaired) electrons. The largest absolute Gasteiger partial charge is 0.205 e. The molecule has 0 heterocycles. The van der Waals surface area contributed by atoms with Gasteiger partial charge >= 0.3 is 0 Å². The van der Waals surface area contributed by atoms with Crippen LogP contribution in [0.15, 0.2) is 30.9 Å². The lowest BCUT2D eigenvalue weighted by molar-refractivity contribution is 0.149. The van der Waals surface area contributed by atoms with Crippen molar-refractivity contribution in [1.29, 1.82) is 0 Å². The zero-order chi connectivity index (χ0) is 22.3. The molecule has 1 aromatic carbocycles. The third-order valence-electron chi connectivity index (χ3n) is 9.47. The summed E-state index contributed by atoms with van der Waals surface area (Å²) in [5.74, 6) is 5.13. The van der Waals surface area contributed by atoms with Gasteiger partial charge in [-0.1, -0.05) is 75.1 Å². The van der Waals surface area contributed by atoms with E-state index in [2.05, 4.69) is 12.7 Å². The summed E-state index contributed by atoms with van der Waals surface area (Å²) in [6.07, 6.45) is 24.5. The quantitative estimate of drug-likeness (QED) is 0.340. The molecule has 0 N–H and O–H groups in total. The van der Waals surface area contributed by atoms with E-state index in [-0.39, 0.29) is 10.8 Å². The van der Waals surface area contributed by atoms with Crippen LogP contribution in [0, 0.1) is 35.4 Å². The van der Waals surface area contributed by atoms with E-state index in [9.17, 15) is 4.39 Å². The molecule has 3 saturated carbocycles. The topological polar surface area (TPSA) is 0 Å². The fourth-order valence-corrected chi connectivity index (χ4v) is 7.39. The van der Waals surface area contributed by atoms with Crippen molar-refractivity contribution in [3.63, 3.8) is 0 Å². The van der Waals surface area contributed by atoms with Crippen LogP contribution in [0.5, 0.6) is 0 Å². The van der Waals surface area contributed by atoms with E-state index in [1.165, 1.54) is 103 Å². The van der Waals surface area contributed by atoms with Crippen LogP contribution in [0.3, 0.4) is 0 Å². The van der Waals surface area contributed by atoms with Crippen molar-refractivity contribution in [3.05, 3.63) is 47.3 Å². The van der Waals surface area contributed by atoms with E-state index >= 15 is 0 Å². The lowest BCUT2D eigenvalue weighted by atomic mass is 9.67. The molecular weight excluding hydrogens is 415 g/mol. The molecule has 3 fully saturated rings. The van der Waals surface area contributed by atoms with Crippen molar-refractivity contribution in [2.45, 2.75) is 109 Å². The van der Waals surface area contributed by atoms with E-state index in [1.54, 1.807) is 12.1 Å². The molecule has 32 heavy (non-hydrogen) atoms. The summed E-state index contributed by atoms with van der Waals surface area (Å²) in [5, 5.41) is 0.246. The number of hydrogen-bond donors (Lipinski definition) is 0. The summed E-state index contributed by atoms with van der Waals surface area (Å²) in [6.45, 7) is 3.88. The van der Waals surface area contributed by atoms with Crippen LogP contribution in [0.4, 0.5) is 4.39 Å². The lowest BCUT2D eigenvalue weighted by Gasteiger charge is -2.38. The average molecular weight is 459 g/mol. The summed E-state index contributed by atoms with van der Waals surface area (Å²) < 4.78 is 13.8. The van der Waals surface area contributed by atoms with Gasteiger partial charge in [0.25, 0.3) is 0 Å². The van der Waals surface area contributed by atoms with E-state index in [0.717, 1.165) is 35.2 Å². The van der Waals surface area contributed by atoms with Crippen LogP contribution >= 0.6 is 11.6 Å². The number of rotatable bonds is 8. The van der Waals surface area contributed by atoms with Crippen molar-refractivity contribution >= 4 is 11.6 Å². The number of allylic oxidation sites excluding steroid dienone is 1. The fourth-order valence-electron chi connectivity index (χ4n) is 7.27. The van der Waals surface area contributed by atoms with Gasteiger partial charge in [0.2, 0.25) is 0 Å². The molecule has 0 atom stereocenters. The zero-order valence-electron chi connectivity index (χ0n) is 20.1.